The van der Waals surface area contributed by atoms with Crippen LogP contribution in [0.3, 0.4) is 0 Å². The third-order valence-electron chi connectivity index (χ3n) is 6.54. The van der Waals surface area contributed by atoms with Gasteiger partial charge in [-0.3, -0.25) is 13.9 Å². The smallest absolute Gasteiger partial charge is 0.264 e. The van der Waals surface area contributed by atoms with Crippen LogP contribution in [0.1, 0.15) is 43.9 Å². The first kappa shape index (κ1) is 30.2. The molecule has 1 N–H and O–H groups in total. The molecule has 0 spiro atoms. The lowest BCUT2D eigenvalue weighted by atomic mass is 10.1. The number of sulfonamides is 1. The number of amides is 2. The molecule has 1 unspecified atom stereocenters. The van der Waals surface area contributed by atoms with Crippen LogP contribution in [-0.2, 0) is 26.2 Å². The molecule has 0 aliphatic heterocycles. The van der Waals surface area contributed by atoms with Gasteiger partial charge in [-0.1, -0.05) is 61.0 Å². The quantitative estimate of drug-likeness (QED) is 0.331. The number of carbonyl (C=O) groups is 2. The van der Waals surface area contributed by atoms with Crippen molar-refractivity contribution >= 4 is 39.1 Å². The van der Waals surface area contributed by atoms with Gasteiger partial charge in [-0.05, 0) is 81.1 Å². The van der Waals surface area contributed by atoms with Crippen molar-refractivity contribution in [1.82, 2.24) is 10.2 Å². The lowest BCUT2D eigenvalue weighted by Crippen LogP contribution is -2.53. The second-order valence-electron chi connectivity index (χ2n) is 9.78. The zero-order valence-electron chi connectivity index (χ0n) is 23.0. The van der Waals surface area contributed by atoms with E-state index in [4.69, 9.17) is 11.6 Å². The van der Waals surface area contributed by atoms with Crippen molar-refractivity contribution in [3.8, 4) is 0 Å². The van der Waals surface area contributed by atoms with Crippen LogP contribution in [0, 0.1) is 13.8 Å². The van der Waals surface area contributed by atoms with Gasteiger partial charge in [-0.15, -0.1) is 0 Å². The minimum atomic E-state index is -4.10. The molecule has 3 rings (SSSR count). The molecule has 9 heteroatoms. The number of hydrogen-bond donors (Lipinski definition) is 1. The SMILES string of the molecule is CCC(C(=O)NC(C)C)N(Cc1ccc(Cl)cc1)C(=O)CN(c1cccc(C)c1C)S(=O)(=O)c1ccccc1. The van der Waals surface area contributed by atoms with Crippen LogP contribution in [-0.4, -0.2) is 43.8 Å². The summed E-state index contributed by atoms with van der Waals surface area (Å²) in [6.07, 6.45) is 0.354. The molecule has 0 saturated carbocycles. The van der Waals surface area contributed by atoms with Gasteiger partial charge >= 0.3 is 0 Å². The lowest BCUT2D eigenvalue weighted by Gasteiger charge is -2.34. The second kappa shape index (κ2) is 13.1. The highest BCUT2D eigenvalue weighted by Crippen LogP contribution is 2.29. The minimum absolute atomic E-state index is 0.0764. The molecule has 0 radical (unpaired) electrons. The van der Waals surface area contributed by atoms with Gasteiger partial charge in [0.05, 0.1) is 10.6 Å². The first-order valence-corrected chi connectivity index (χ1v) is 14.8. The van der Waals surface area contributed by atoms with E-state index < -0.39 is 28.5 Å². The number of carbonyl (C=O) groups excluding carboxylic acids is 2. The van der Waals surface area contributed by atoms with Gasteiger partial charge < -0.3 is 10.2 Å². The van der Waals surface area contributed by atoms with Crippen molar-refractivity contribution in [2.24, 2.45) is 0 Å². The van der Waals surface area contributed by atoms with E-state index in [0.717, 1.165) is 21.0 Å². The molecule has 208 valence electrons. The zero-order valence-corrected chi connectivity index (χ0v) is 24.6. The fourth-order valence-corrected chi connectivity index (χ4v) is 5.94. The van der Waals surface area contributed by atoms with E-state index in [1.807, 2.05) is 40.7 Å². The summed E-state index contributed by atoms with van der Waals surface area (Å²) in [6, 6.07) is 19.5. The van der Waals surface area contributed by atoms with Crippen LogP contribution in [0.2, 0.25) is 5.02 Å². The first-order valence-electron chi connectivity index (χ1n) is 12.9. The Morgan fingerprint density at radius 1 is 0.923 bits per heavy atom. The summed E-state index contributed by atoms with van der Waals surface area (Å²) in [5, 5.41) is 3.45. The largest absolute Gasteiger partial charge is 0.352 e. The summed E-state index contributed by atoms with van der Waals surface area (Å²) in [5.41, 5.74) is 2.83. The molecule has 7 nitrogen and oxygen atoms in total. The number of anilines is 1. The van der Waals surface area contributed by atoms with Crippen molar-refractivity contribution in [1.29, 1.82) is 0 Å². The second-order valence-corrected chi connectivity index (χ2v) is 12.1. The number of halogens is 1. The average Bonchev–Trinajstić information content (AvgIpc) is 2.90. The van der Waals surface area contributed by atoms with Crippen LogP contribution >= 0.6 is 11.6 Å². The Morgan fingerprint density at radius 3 is 2.15 bits per heavy atom. The highest BCUT2D eigenvalue weighted by atomic mass is 35.5. The van der Waals surface area contributed by atoms with Gasteiger partial charge in [0.15, 0.2) is 0 Å². The Labute approximate surface area is 236 Å². The topological polar surface area (TPSA) is 86.8 Å². The molecule has 39 heavy (non-hydrogen) atoms. The van der Waals surface area contributed by atoms with Crippen LogP contribution in [0.25, 0.3) is 0 Å². The molecule has 0 saturated heterocycles. The van der Waals surface area contributed by atoms with E-state index in [-0.39, 0.29) is 23.4 Å². The molecule has 2 amide bonds. The van der Waals surface area contributed by atoms with E-state index in [2.05, 4.69) is 5.32 Å². The van der Waals surface area contributed by atoms with Crippen molar-refractivity contribution < 1.29 is 18.0 Å². The van der Waals surface area contributed by atoms with Crippen molar-refractivity contribution in [3.05, 3.63) is 94.5 Å². The highest BCUT2D eigenvalue weighted by molar-refractivity contribution is 7.92. The lowest BCUT2D eigenvalue weighted by molar-refractivity contribution is -0.140. The molecule has 0 aliphatic rings. The van der Waals surface area contributed by atoms with E-state index in [0.29, 0.717) is 17.1 Å². The summed E-state index contributed by atoms with van der Waals surface area (Å²) >= 11 is 6.06. The van der Waals surface area contributed by atoms with Gasteiger partial charge in [0.1, 0.15) is 12.6 Å². The van der Waals surface area contributed by atoms with Gasteiger partial charge in [0.2, 0.25) is 11.8 Å². The summed E-state index contributed by atoms with van der Waals surface area (Å²) in [7, 11) is -4.10. The van der Waals surface area contributed by atoms with Crippen LogP contribution < -0.4 is 9.62 Å². The summed E-state index contributed by atoms with van der Waals surface area (Å²) < 4.78 is 29.0. The molecule has 0 bridgehead atoms. The summed E-state index contributed by atoms with van der Waals surface area (Å²) in [4.78, 5) is 28.8. The maximum absolute atomic E-state index is 14.1. The Bertz CT molecular complexity index is 1390. The fraction of sp³-hybridized carbons (Fsp3) is 0.333. The predicted molar refractivity (Wildman–Crippen MR) is 156 cm³/mol. The molecule has 0 aliphatic carbocycles. The third kappa shape index (κ3) is 7.40. The minimum Gasteiger partial charge on any atom is -0.352 e. The maximum Gasteiger partial charge on any atom is 0.264 e. The third-order valence-corrected chi connectivity index (χ3v) is 8.56. The van der Waals surface area contributed by atoms with Gasteiger partial charge in [0, 0.05) is 17.6 Å². The van der Waals surface area contributed by atoms with Crippen LogP contribution in [0.15, 0.2) is 77.7 Å². The average molecular weight is 570 g/mol. The van der Waals surface area contributed by atoms with E-state index in [1.54, 1.807) is 54.6 Å². The van der Waals surface area contributed by atoms with E-state index in [1.165, 1.54) is 17.0 Å². The van der Waals surface area contributed by atoms with Gasteiger partial charge in [-0.2, -0.15) is 0 Å². The zero-order chi connectivity index (χ0) is 28.7. The van der Waals surface area contributed by atoms with Crippen molar-refractivity contribution in [2.45, 2.75) is 64.6 Å². The van der Waals surface area contributed by atoms with Crippen molar-refractivity contribution in [2.75, 3.05) is 10.8 Å². The Morgan fingerprint density at radius 2 is 1.56 bits per heavy atom. The monoisotopic (exact) mass is 569 g/mol. The number of aryl methyl sites for hydroxylation is 1. The molecule has 3 aromatic rings. The van der Waals surface area contributed by atoms with Crippen LogP contribution in [0.5, 0.6) is 0 Å². The van der Waals surface area contributed by atoms with E-state index in [9.17, 15) is 18.0 Å². The fourth-order valence-electron chi connectivity index (χ4n) is 4.33. The standard InChI is InChI=1S/C30H36ClN3O4S/c1-6-27(30(36)32-21(2)3)33(19-24-15-17-25(31)18-16-24)29(35)20-34(28-14-10-11-22(4)23(28)5)39(37,38)26-12-8-7-9-13-26/h7-18,21,27H,6,19-20H2,1-5H3,(H,32,36). The van der Waals surface area contributed by atoms with Gasteiger partial charge in [-0.25, -0.2) is 8.42 Å². The maximum atomic E-state index is 14.1. The number of nitrogens with zero attached hydrogens (tertiary/aromatic N) is 2. The molecular weight excluding hydrogens is 534 g/mol. The van der Waals surface area contributed by atoms with Crippen LogP contribution in [0.4, 0.5) is 5.69 Å². The Kier molecular flexibility index (Phi) is 10.2. The number of hydrogen-bond acceptors (Lipinski definition) is 4. The van der Waals surface area contributed by atoms with E-state index >= 15 is 0 Å². The van der Waals surface area contributed by atoms with Crippen molar-refractivity contribution in [3.63, 3.8) is 0 Å². The molecule has 0 heterocycles. The summed E-state index contributed by atoms with van der Waals surface area (Å²) in [5.74, 6) is -0.782. The normalized spacial score (nSPS) is 12.2. The Balaban J connectivity index is 2.09. The highest BCUT2D eigenvalue weighted by Gasteiger charge is 2.34. The molecular formula is C30H36ClN3O4S. The molecule has 0 aromatic heterocycles. The number of rotatable bonds is 11. The summed E-state index contributed by atoms with van der Waals surface area (Å²) in [6.45, 7) is 8.90. The first-order chi connectivity index (χ1) is 18.4. The van der Waals surface area contributed by atoms with Gasteiger partial charge in [0.25, 0.3) is 10.0 Å². The molecule has 3 aromatic carbocycles. The Hall–Kier alpha value is -3.36. The predicted octanol–water partition coefficient (Wildman–Crippen LogP) is 5.48. The molecule has 0 fully saturated rings. The molecule has 1 atom stereocenters. The number of benzene rings is 3. The number of nitrogens with one attached hydrogen (secondary N) is 1.